The molecular formula is C29H39N5O2. The monoisotopic (exact) mass is 489 g/mol. The van der Waals surface area contributed by atoms with Gasteiger partial charge in [-0.3, -0.25) is 9.59 Å². The normalized spacial score (nSPS) is 21.5. The molecule has 2 heterocycles. The third-order valence-corrected chi connectivity index (χ3v) is 8.16. The van der Waals surface area contributed by atoms with Gasteiger partial charge in [0.1, 0.15) is 6.04 Å². The Morgan fingerprint density at radius 3 is 2.25 bits per heavy atom. The first-order valence-corrected chi connectivity index (χ1v) is 13.5. The summed E-state index contributed by atoms with van der Waals surface area (Å²) in [6.45, 7) is 4.15. The molecule has 3 aliphatic rings. The van der Waals surface area contributed by atoms with Gasteiger partial charge >= 0.3 is 0 Å². The van der Waals surface area contributed by atoms with Crippen molar-refractivity contribution in [2.75, 3.05) is 42.3 Å². The smallest absolute Gasteiger partial charge is 0.251 e. The molecule has 0 bridgehead atoms. The summed E-state index contributed by atoms with van der Waals surface area (Å²) in [6.07, 6.45) is 7.55. The molecule has 0 unspecified atom stereocenters. The fraction of sp³-hybridized carbons (Fsp3) is 0.517. The summed E-state index contributed by atoms with van der Waals surface area (Å²) in [5, 5.41) is 6.69. The number of rotatable bonds is 6. The summed E-state index contributed by atoms with van der Waals surface area (Å²) >= 11 is 0. The van der Waals surface area contributed by atoms with Crippen LogP contribution >= 0.6 is 0 Å². The lowest BCUT2D eigenvalue weighted by molar-refractivity contribution is -0.120. The molecular weight excluding hydrogens is 450 g/mol. The summed E-state index contributed by atoms with van der Waals surface area (Å²) in [5.74, 6) is 0.183. The van der Waals surface area contributed by atoms with Crippen molar-refractivity contribution in [2.24, 2.45) is 0 Å². The van der Waals surface area contributed by atoms with Gasteiger partial charge in [0.05, 0.1) is 11.4 Å². The maximum atomic E-state index is 13.1. The largest absolute Gasteiger partial charge is 0.355 e. The molecule has 2 aliphatic heterocycles. The van der Waals surface area contributed by atoms with Crippen LogP contribution < -0.4 is 20.4 Å². The number of likely N-dealkylation sites (N-methyl/N-ethyl adjacent to an activating group) is 1. The molecule has 0 spiro atoms. The van der Waals surface area contributed by atoms with Gasteiger partial charge in [-0.1, -0.05) is 19.8 Å². The highest BCUT2D eigenvalue weighted by molar-refractivity contribution is 6.05. The minimum absolute atomic E-state index is 0.00426. The van der Waals surface area contributed by atoms with Crippen molar-refractivity contribution < 1.29 is 9.59 Å². The van der Waals surface area contributed by atoms with Crippen LogP contribution in [0.5, 0.6) is 0 Å². The SMILES string of the molecule is CC[C@@H]1C(=O)N(C)c2ccc(Nc3ccc(C(=O)NC4CCN(C)CC4)cc3)cc2N1C1CCCC1. The van der Waals surface area contributed by atoms with Crippen LogP contribution in [0.3, 0.4) is 0 Å². The number of anilines is 4. The topological polar surface area (TPSA) is 67.9 Å². The van der Waals surface area contributed by atoms with Crippen LogP contribution in [0.25, 0.3) is 0 Å². The minimum atomic E-state index is -0.108. The molecule has 7 nitrogen and oxygen atoms in total. The molecule has 2 N–H and O–H groups in total. The molecule has 2 aromatic carbocycles. The molecule has 7 heteroatoms. The number of carbonyl (C=O) groups excluding carboxylic acids is 2. The van der Waals surface area contributed by atoms with E-state index in [0.29, 0.717) is 11.6 Å². The van der Waals surface area contributed by atoms with Gasteiger partial charge in [-0.15, -0.1) is 0 Å². The number of benzene rings is 2. The first-order valence-electron chi connectivity index (χ1n) is 13.5. The number of piperidine rings is 1. The zero-order chi connectivity index (χ0) is 25.2. The molecule has 36 heavy (non-hydrogen) atoms. The van der Waals surface area contributed by atoms with Crippen molar-refractivity contribution in [2.45, 2.75) is 70.0 Å². The van der Waals surface area contributed by atoms with Crippen LogP contribution in [0.2, 0.25) is 0 Å². The van der Waals surface area contributed by atoms with Crippen molar-refractivity contribution in [1.82, 2.24) is 10.2 Å². The predicted molar refractivity (Wildman–Crippen MR) is 146 cm³/mol. The molecule has 2 amide bonds. The number of nitrogens with one attached hydrogen (secondary N) is 2. The van der Waals surface area contributed by atoms with E-state index in [0.717, 1.165) is 67.9 Å². The van der Waals surface area contributed by atoms with E-state index in [1.54, 1.807) is 0 Å². The average Bonchev–Trinajstić information content (AvgIpc) is 3.42. The zero-order valence-corrected chi connectivity index (χ0v) is 21.8. The number of likely N-dealkylation sites (tertiary alicyclic amines) is 1. The zero-order valence-electron chi connectivity index (χ0n) is 21.8. The van der Waals surface area contributed by atoms with Gasteiger partial charge in [0.25, 0.3) is 5.91 Å². The second-order valence-electron chi connectivity index (χ2n) is 10.6. The summed E-state index contributed by atoms with van der Waals surface area (Å²) in [5.41, 5.74) is 4.71. The van der Waals surface area contributed by atoms with E-state index in [4.69, 9.17) is 0 Å². The van der Waals surface area contributed by atoms with Crippen molar-refractivity contribution in [3.63, 3.8) is 0 Å². The third-order valence-electron chi connectivity index (χ3n) is 8.16. The van der Waals surface area contributed by atoms with Crippen LogP contribution in [0.1, 0.15) is 62.2 Å². The van der Waals surface area contributed by atoms with Gasteiger partial charge in [-0.05, 0) is 94.7 Å². The van der Waals surface area contributed by atoms with E-state index in [2.05, 4.69) is 40.5 Å². The maximum absolute atomic E-state index is 13.1. The van der Waals surface area contributed by atoms with Crippen molar-refractivity contribution in [3.8, 4) is 0 Å². The van der Waals surface area contributed by atoms with Crippen molar-refractivity contribution in [3.05, 3.63) is 48.0 Å². The molecule has 1 saturated carbocycles. The lowest BCUT2D eigenvalue weighted by Crippen LogP contribution is -2.55. The lowest BCUT2D eigenvalue weighted by atomic mass is 10.00. The Balaban J connectivity index is 1.31. The number of carbonyl (C=O) groups is 2. The standard InChI is InChI=1S/C29H39N5O2/c1-4-25-29(36)33(3)26-14-13-23(19-27(26)34(25)24-7-5-6-8-24)30-21-11-9-20(10-12-21)28(35)31-22-15-17-32(2)18-16-22/h9-14,19,22,24-25,30H,4-8,15-18H2,1-3H3,(H,31,35)/t25-/m1/s1. The Morgan fingerprint density at radius 2 is 1.58 bits per heavy atom. The van der Waals surface area contributed by atoms with Crippen LogP contribution in [-0.4, -0.2) is 62.0 Å². The summed E-state index contributed by atoms with van der Waals surface area (Å²) in [4.78, 5) is 32.4. The highest BCUT2D eigenvalue weighted by Gasteiger charge is 2.39. The second-order valence-corrected chi connectivity index (χ2v) is 10.6. The van der Waals surface area contributed by atoms with E-state index in [1.165, 1.54) is 12.8 Å². The van der Waals surface area contributed by atoms with Crippen LogP contribution in [0.4, 0.5) is 22.7 Å². The third kappa shape index (κ3) is 4.94. The Kier molecular flexibility index (Phi) is 7.19. The van der Waals surface area contributed by atoms with Gasteiger partial charge in [-0.2, -0.15) is 0 Å². The molecule has 5 rings (SSSR count). The molecule has 192 valence electrons. The fourth-order valence-electron chi connectivity index (χ4n) is 6.02. The number of hydrogen-bond acceptors (Lipinski definition) is 5. The van der Waals surface area contributed by atoms with E-state index >= 15 is 0 Å². The van der Waals surface area contributed by atoms with Gasteiger partial charge in [0.2, 0.25) is 5.91 Å². The van der Waals surface area contributed by atoms with E-state index in [9.17, 15) is 9.59 Å². The Morgan fingerprint density at radius 1 is 0.917 bits per heavy atom. The van der Waals surface area contributed by atoms with Crippen LogP contribution in [0.15, 0.2) is 42.5 Å². The van der Waals surface area contributed by atoms with E-state index < -0.39 is 0 Å². The number of fused-ring (bicyclic) bond motifs is 1. The molecule has 0 aromatic heterocycles. The highest BCUT2D eigenvalue weighted by Crippen LogP contribution is 2.42. The molecule has 1 aliphatic carbocycles. The van der Waals surface area contributed by atoms with E-state index in [-0.39, 0.29) is 23.9 Å². The Hall–Kier alpha value is -3.06. The Labute approximate surface area is 214 Å². The van der Waals surface area contributed by atoms with Gasteiger partial charge < -0.3 is 25.3 Å². The first-order chi connectivity index (χ1) is 17.4. The summed E-state index contributed by atoms with van der Waals surface area (Å²) < 4.78 is 0. The molecule has 1 atom stereocenters. The highest BCUT2D eigenvalue weighted by atomic mass is 16.2. The van der Waals surface area contributed by atoms with Crippen molar-refractivity contribution in [1.29, 1.82) is 0 Å². The number of amides is 2. The van der Waals surface area contributed by atoms with Gasteiger partial charge in [-0.25, -0.2) is 0 Å². The van der Waals surface area contributed by atoms with Crippen molar-refractivity contribution >= 4 is 34.6 Å². The van der Waals surface area contributed by atoms with Gasteiger partial charge in [0, 0.05) is 36.1 Å². The quantitative estimate of drug-likeness (QED) is 0.613. The molecule has 0 radical (unpaired) electrons. The number of nitrogens with zero attached hydrogens (tertiary/aromatic N) is 3. The molecule has 2 fully saturated rings. The average molecular weight is 490 g/mol. The van der Waals surface area contributed by atoms with Crippen LogP contribution in [0, 0.1) is 0 Å². The summed E-state index contributed by atoms with van der Waals surface area (Å²) in [6, 6.07) is 14.5. The molecule has 1 saturated heterocycles. The predicted octanol–water partition coefficient (Wildman–Crippen LogP) is 4.76. The Bertz CT molecular complexity index is 1090. The maximum Gasteiger partial charge on any atom is 0.251 e. The first kappa shape index (κ1) is 24.6. The number of hydrogen-bond donors (Lipinski definition) is 2. The van der Waals surface area contributed by atoms with Crippen LogP contribution in [-0.2, 0) is 4.79 Å². The van der Waals surface area contributed by atoms with Gasteiger partial charge in [0.15, 0.2) is 0 Å². The second kappa shape index (κ2) is 10.5. The minimum Gasteiger partial charge on any atom is -0.355 e. The fourth-order valence-corrected chi connectivity index (χ4v) is 6.02. The van der Waals surface area contributed by atoms with E-state index in [1.807, 2.05) is 48.3 Å². The molecule has 2 aromatic rings. The summed E-state index contributed by atoms with van der Waals surface area (Å²) in [7, 11) is 4.01. The lowest BCUT2D eigenvalue weighted by Gasteiger charge is -2.45.